The maximum absolute atomic E-state index is 12.5. The normalized spacial score (nSPS) is 14.3. The Morgan fingerprint density at radius 1 is 1.19 bits per heavy atom. The van der Waals surface area contributed by atoms with Crippen molar-refractivity contribution in [3.63, 3.8) is 0 Å². The molecule has 4 rings (SSSR count). The summed E-state index contributed by atoms with van der Waals surface area (Å²) >= 11 is 1.31. The number of thiazole rings is 1. The summed E-state index contributed by atoms with van der Waals surface area (Å²) in [6.45, 7) is 5.83. The van der Waals surface area contributed by atoms with Crippen LogP contribution in [0.25, 0.3) is 10.6 Å². The minimum atomic E-state index is -0.377. The van der Waals surface area contributed by atoms with E-state index in [1.54, 1.807) is 19.3 Å². The lowest BCUT2D eigenvalue weighted by Crippen LogP contribution is -2.29. The van der Waals surface area contributed by atoms with Crippen molar-refractivity contribution in [3.8, 4) is 10.6 Å². The highest BCUT2D eigenvalue weighted by molar-refractivity contribution is 7.17. The fourth-order valence-corrected chi connectivity index (χ4v) is 4.79. The standard InChI is InChI=1S/C24H29N5O2S/c1-2-31-24(30)21-22(28-23(32-21)18-8-10-26-11-9-18)27-15-19-7-6-17(14-20(19)25)16-29-12-4-3-5-13-29/h6-11,14,27H,2-5,12-13,15-16,25H2,1H3. The highest BCUT2D eigenvalue weighted by Gasteiger charge is 2.20. The van der Waals surface area contributed by atoms with Gasteiger partial charge >= 0.3 is 5.97 Å². The first kappa shape index (κ1) is 22.2. The van der Waals surface area contributed by atoms with Crippen molar-refractivity contribution in [2.45, 2.75) is 39.3 Å². The first-order chi connectivity index (χ1) is 15.6. The lowest BCUT2D eigenvalue weighted by molar-refractivity contribution is 0.0533. The third-order valence-corrected chi connectivity index (χ3v) is 6.61. The fourth-order valence-electron chi connectivity index (χ4n) is 3.85. The quantitative estimate of drug-likeness (QED) is 0.383. The van der Waals surface area contributed by atoms with Crippen LogP contribution in [-0.4, -0.2) is 40.5 Å². The summed E-state index contributed by atoms with van der Waals surface area (Å²) in [4.78, 5) is 24.1. The summed E-state index contributed by atoms with van der Waals surface area (Å²) in [6, 6.07) is 9.99. The Labute approximate surface area is 192 Å². The van der Waals surface area contributed by atoms with E-state index in [0.29, 0.717) is 23.8 Å². The van der Waals surface area contributed by atoms with Crippen LogP contribution in [0.5, 0.6) is 0 Å². The van der Waals surface area contributed by atoms with Crippen LogP contribution in [0.4, 0.5) is 11.5 Å². The van der Waals surface area contributed by atoms with Crippen molar-refractivity contribution in [2.24, 2.45) is 0 Å². The first-order valence-electron chi connectivity index (χ1n) is 11.1. The predicted molar refractivity (Wildman–Crippen MR) is 129 cm³/mol. The monoisotopic (exact) mass is 451 g/mol. The number of esters is 1. The number of nitrogens with two attached hydrogens (primary N) is 1. The molecule has 1 aliphatic rings. The molecule has 168 valence electrons. The van der Waals surface area contributed by atoms with Crippen LogP contribution in [0.15, 0.2) is 42.7 Å². The molecular weight excluding hydrogens is 422 g/mol. The van der Waals surface area contributed by atoms with Gasteiger partial charge in [-0.05, 0) is 62.2 Å². The van der Waals surface area contributed by atoms with Gasteiger partial charge in [-0.1, -0.05) is 18.6 Å². The number of pyridine rings is 1. The molecule has 1 aromatic carbocycles. The molecular formula is C24H29N5O2S. The van der Waals surface area contributed by atoms with Gasteiger partial charge in [0.1, 0.15) is 5.01 Å². The molecule has 32 heavy (non-hydrogen) atoms. The molecule has 0 aliphatic carbocycles. The van der Waals surface area contributed by atoms with E-state index in [1.807, 2.05) is 12.1 Å². The molecule has 7 nitrogen and oxygen atoms in total. The lowest BCUT2D eigenvalue weighted by atomic mass is 10.1. The van der Waals surface area contributed by atoms with Gasteiger partial charge in [0.15, 0.2) is 10.7 Å². The second kappa shape index (κ2) is 10.6. The molecule has 8 heteroatoms. The van der Waals surface area contributed by atoms with Gasteiger partial charge in [-0.25, -0.2) is 9.78 Å². The van der Waals surface area contributed by atoms with Gasteiger partial charge in [0.25, 0.3) is 0 Å². The number of rotatable bonds is 8. The Kier molecular flexibility index (Phi) is 7.34. The third-order valence-electron chi connectivity index (χ3n) is 5.53. The van der Waals surface area contributed by atoms with E-state index in [4.69, 9.17) is 10.5 Å². The van der Waals surface area contributed by atoms with Gasteiger partial charge in [-0.2, -0.15) is 0 Å². The van der Waals surface area contributed by atoms with Crippen LogP contribution in [0.2, 0.25) is 0 Å². The third kappa shape index (κ3) is 5.44. The molecule has 3 N–H and O–H groups in total. The number of carbonyl (C=O) groups excluding carboxylic acids is 1. The molecule has 0 atom stereocenters. The predicted octanol–water partition coefficient (Wildman–Crippen LogP) is 4.56. The molecule has 0 unspecified atom stereocenters. The fraction of sp³-hybridized carbons (Fsp3) is 0.375. The molecule has 3 heterocycles. The second-order valence-electron chi connectivity index (χ2n) is 7.88. The number of nitrogens with zero attached hydrogens (tertiary/aromatic N) is 3. The smallest absolute Gasteiger partial charge is 0.352 e. The number of anilines is 2. The first-order valence-corrected chi connectivity index (χ1v) is 11.9. The summed E-state index contributed by atoms with van der Waals surface area (Å²) in [5.74, 6) is 0.134. The van der Waals surface area contributed by atoms with Crippen molar-refractivity contribution in [1.29, 1.82) is 0 Å². The van der Waals surface area contributed by atoms with E-state index in [2.05, 4.69) is 38.4 Å². The van der Waals surface area contributed by atoms with Crippen molar-refractivity contribution < 1.29 is 9.53 Å². The van der Waals surface area contributed by atoms with Crippen LogP contribution in [-0.2, 0) is 17.8 Å². The van der Waals surface area contributed by atoms with Gasteiger partial charge in [-0.3, -0.25) is 9.88 Å². The van der Waals surface area contributed by atoms with E-state index in [-0.39, 0.29) is 5.97 Å². The average Bonchev–Trinajstić information content (AvgIpc) is 3.24. The van der Waals surface area contributed by atoms with Gasteiger partial charge in [0.05, 0.1) is 6.61 Å². The van der Waals surface area contributed by atoms with Gasteiger partial charge < -0.3 is 15.8 Å². The van der Waals surface area contributed by atoms with Gasteiger partial charge in [0, 0.05) is 36.7 Å². The Morgan fingerprint density at radius 2 is 1.97 bits per heavy atom. The van der Waals surface area contributed by atoms with Crippen LogP contribution in [0, 0.1) is 0 Å². The summed E-state index contributed by atoms with van der Waals surface area (Å²) in [5, 5.41) is 4.03. The minimum Gasteiger partial charge on any atom is -0.462 e. The molecule has 1 saturated heterocycles. The topological polar surface area (TPSA) is 93.4 Å². The van der Waals surface area contributed by atoms with E-state index < -0.39 is 0 Å². The lowest BCUT2D eigenvalue weighted by Gasteiger charge is -2.26. The highest BCUT2D eigenvalue weighted by Crippen LogP contribution is 2.32. The second-order valence-corrected chi connectivity index (χ2v) is 8.88. The molecule has 2 aromatic heterocycles. The van der Waals surface area contributed by atoms with Gasteiger partial charge in [0.2, 0.25) is 0 Å². The minimum absolute atomic E-state index is 0.312. The number of nitrogen functional groups attached to an aromatic ring is 1. The number of nitrogens with one attached hydrogen (secondary N) is 1. The molecule has 0 spiro atoms. The Hall–Kier alpha value is -2.97. The van der Waals surface area contributed by atoms with Crippen molar-refractivity contribution in [1.82, 2.24) is 14.9 Å². The van der Waals surface area contributed by atoms with E-state index >= 15 is 0 Å². The molecule has 0 amide bonds. The largest absolute Gasteiger partial charge is 0.462 e. The number of ether oxygens (including phenoxy) is 1. The number of likely N-dealkylation sites (tertiary alicyclic amines) is 1. The SMILES string of the molecule is CCOC(=O)c1sc(-c2ccncc2)nc1NCc1ccc(CN2CCCCC2)cc1N. The maximum atomic E-state index is 12.5. The molecule has 0 bridgehead atoms. The highest BCUT2D eigenvalue weighted by atomic mass is 32.1. The van der Waals surface area contributed by atoms with Crippen LogP contribution < -0.4 is 11.1 Å². The summed E-state index contributed by atoms with van der Waals surface area (Å²) in [5.41, 5.74) is 10.2. The maximum Gasteiger partial charge on any atom is 0.352 e. The number of hydrogen-bond acceptors (Lipinski definition) is 8. The summed E-state index contributed by atoms with van der Waals surface area (Å²) in [6.07, 6.45) is 7.29. The van der Waals surface area contributed by atoms with Gasteiger partial charge in [-0.15, -0.1) is 11.3 Å². The molecule has 0 saturated carbocycles. The number of piperidine rings is 1. The number of aromatic nitrogens is 2. The van der Waals surface area contributed by atoms with E-state index in [9.17, 15) is 4.79 Å². The zero-order chi connectivity index (χ0) is 22.3. The van der Waals surface area contributed by atoms with Crippen LogP contribution in [0.1, 0.15) is 47.0 Å². The van der Waals surface area contributed by atoms with Crippen molar-refractivity contribution >= 4 is 28.8 Å². The molecule has 0 radical (unpaired) electrons. The van der Waals surface area contributed by atoms with Crippen molar-refractivity contribution in [3.05, 3.63) is 58.7 Å². The van der Waals surface area contributed by atoms with Crippen LogP contribution >= 0.6 is 11.3 Å². The summed E-state index contributed by atoms with van der Waals surface area (Å²) in [7, 11) is 0. The molecule has 3 aromatic rings. The van der Waals surface area contributed by atoms with Crippen molar-refractivity contribution in [2.75, 3.05) is 30.7 Å². The zero-order valence-corrected chi connectivity index (χ0v) is 19.2. The Balaban J connectivity index is 1.48. The molecule has 1 aliphatic heterocycles. The Morgan fingerprint density at radius 3 is 2.69 bits per heavy atom. The number of hydrogen-bond donors (Lipinski definition) is 2. The Bertz CT molecular complexity index is 1050. The molecule has 1 fully saturated rings. The zero-order valence-electron chi connectivity index (χ0n) is 18.3. The number of benzene rings is 1. The van der Waals surface area contributed by atoms with E-state index in [1.165, 1.54) is 36.2 Å². The van der Waals surface area contributed by atoms with E-state index in [0.717, 1.165) is 41.5 Å². The van der Waals surface area contributed by atoms with Crippen LogP contribution in [0.3, 0.4) is 0 Å². The average molecular weight is 452 g/mol. The number of carbonyl (C=O) groups is 1. The summed E-state index contributed by atoms with van der Waals surface area (Å²) < 4.78 is 5.23.